The SMILES string of the molecule is CC(=O)Nc1cccc(NC(=O)c2cccc(NS(=O)(=O)c3ccc4c(c3)OCCCO4)c2)c1. The van der Waals surface area contributed by atoms with Gasteiger partial charge in [-0.25, -0.2) is 8.42 Å². The number of hydrogen-bond donors (Lipinski definition) is 3. The van der Waals surface area contributed by atoms with Gasteiger partial charge in [0, 0.05) is 42.0 Å². The molecule has 3 N–H and O–H groups in total. The summed E-state index contributed by atoms with van der Waals surface area (Å²) >= 11 is 0. The number of rotatable bonds is 6. The number of benzene rings is 3. The van der Waals surface area contributed by atoms with Crippen LogP contribution in [0.2, 0.25) is 0 Å². The average Bonchev–Trinajstić information content (AvgIpc) is 3.04. The van der Waals surface area contributed by atoms with Gasteiger partial charge in [-0.2, -0.15) is 0 Å². The van der Waals surface area contributed by atoms with Crippen LogP contribution in [0.25, 0.3) is 0 Å². The van der Waals surface area contributed by atoms with Crippen LogP contribution in [0.1, 0.15) is 23.7 Å². The normalized spacial score (nSPS) is 12.9. The fourth-order valence-electron chi connectivity index (χ4n) is 3.33. The molecule has 0 aliphatic carbocycles. The summed E-state index contributed by atoms with van der Waals surface area (Å²) < 4.78 is 39.5. The Morgan fingerprint density at radius 2 is 1.47 bits per heavy atom. The zero-order chi connectivity index (χ0) is 24.1. The van der Waals surface area contributed by atoms with E-state index in [0.717, 1.165) is 0 Å². The van der Waals surface area contributed by atoms with E-state index >= 15 is 0 Å². The van der Waals surface area contributed by atoms with Gasteiger partial charge in [0.1, 0.15) is 0 Å². The van der Waals surface area contributed by atoms with Crippen molar-refractivity contribution < 1.29 is 27.5 Å². The first-order chi connectivity index (χ1) is 16.3. The molecule has 4 rings (SSSR count). The second-order valence-corrected chi connectivity index (χ2v) is 9.24. The van der Waals surface area contributed by atoms with Crippen LogP contribution in [0.3, 0.4) is 0 Å². The molecule has 0 radical (unpaired) electrons. The quantitative estimate of drug-likeness (QED) is 0.491. The van der Waals surface area contributed by atoms with Gasteiger partial charge in [-0.3, -0.25) is 14.3 Å². The maximum absolute atomic E-state index is 12.9. The number of ether oxygens (including phenoxy) is 2. The molecule has 0 saturated carbocycles. The summed E-state index contributed by atoms with van der Waals surface area (Å²) in [5.74, 6) is 0.210. The van der Waals surface area contributed by atoms with E-state index in [9.17, 15) is 18.0 Å². The lowest BCUT2D eigenvalue weighted by molar-refractivity contribution is -0.114. The van der Waals surface area contributed by atoms with Crippen LogP contribution in [0.4, 0.5) is 17.1 Å². The van der Waals surface area contributed by atoms with Gasteiger partial charge in [0.2, 0.25) is 5.91 Å². The van der Waals surface area contributed by atoms with Crippen molar-refractivity contribution >= 4 is 38.9 Å². The third-order valence-corrected chi connectivity index (χ3v) is 6.23. The molecule has 9 nitrogen and oxygen atoms in total. The van der Waals surface area contributed by atoms with Crippen LogP contribution in [0.5, 0.6) is 11.5 Å². The second-order valence-electron chi connectivity index (χ2n) is 7.56. The zero-order valence-corrected chi connectivity index (χ0v) is 19.1. The molecule has 0 unspecified atom stereocenters. The van der Waals surface area contributed by atoms with Crippen molar-refractivity contribution in [2.45, 2.75) is 18.2 Å². The molecule has 2 amide bonds. The van der Waals surface area contributed by atoms with E-state index in [0.29, 0.717) is 42.5 Å². The van der Waals surface area contributed by atoms with E-state index in [1.807, 2.05) is 0 Å². The van der Waals surface area contributed by atoms with E-state index in [-0.39, 0.29) is 22.1 Å². The molecule has 0 spiro atoms. The Morgan fingerprint density at radius 1 is 0.794 bits per heavy atom. The highest BCUT2D eigenvalue weighted by atomic mass is 32.2. The van der Waals surface area contributed by atoms with Crippen molar-refractivity contribution in [3.8, 4) is 11.5 Å². The van der Waals surface area contributed by atoms with Crippen LogP contribution in [0, 0.1) is 0 Å². The van der Waals surface area contributed by atoms with Crippen LogP contribution in [-0.2, 0) is 14.8 Å². The standard InChI is InChI=1S/C24H23N3O6S/c1-16(28)25-18-6-3-7-19(14-18)26-24(29)17-5-2-8-20(13-17)27-34(30,31)21-9-10-22-23(15-21)33-12-4-11-32-22/h2-3,5-10,13-15,27H,4,11-12H2,1H3,(H,25,28)(H,26,29). The number of anilines is 3. The Kier molecular flexibility index (Phi) is 6.69. The smallest absolute Gasteiger partial charge is 0.262 e. The van der Waals surface area contributed by atoms with E-state index in [4.69, 9.17) is 9.47 Å². The summed E-state index contributed by atoms with van der Waals surface area (Å²) in [4.78, 5) is 24.0. The molecule has 0 fully saturated rings. The van der Waals surface area contributed by atoms with Gasteiger partial charge in [-0.15, -0.1) is 0 Å². The molecule has 34 heavy (non-hydrogen) atoms. The Morgan fingerprint density at radius 3 is 2.24 bits per heavy atom. The summed E-state index contributed by atoms with van der Waals surface area (Å²) in [5.41, 5.74) is 1.51. The van der Waals surface area contributed by atoms with E-state index in [1.54, 1.807) is 48.5 Å². The van der Waals surface area contributed by atoms with Gasteiger partial charge in [0.05, 0.1) is 18.1 Å². The first-order valence-electron chi connectivity index (χ1n) is 10.5. The molecule has 1 aliphatic rings. The molecule has 10 heteroatoms. The van der Waals surface area contributed by atoms with Gasteiger partial charge in [0.15, 0.2) is 11.5 Å². The van der Waals surface area contributed by atoms with Crippen molar-refractivity contribution in [3.05, 3.63) is 72.3 Å². The first-order valence-corrected chi connectivity index (χ1v) is 12.0. The fourth-order valence-corrected chi connectivity index (χ4v) is 4.39. The van der Waals surface area contributed by atoms with Crippen molar-refractivity contribution in [1.29, 1.82) is 0 Å². The number of hydrogen-bond acceptors (Lipinski definition) is 6. The number of nitrogens with one attached hydrogen (secondary N) is 3. The lowest BCUT2D eigenvalue weighted by Crippen LogP contribution is -2.15. The molecule has 0 bridgehead atoms. The zero-order valence-electron chi connectivity index (χ0n) is 18.3. The summed E-state index contributed by atoms with van der Waals surface area (Å²) in [7, 11) is -3.93. The summed E-state index contributed by atoms with van der Waals surface area (Å²) in [6, 6.07) is 17.3. The van der Waals surface area contributed by atoms with Gasteiger partial charge in [0.25, 0.3) is 15.9 Å². The summed E-state index contributed by atoms with van der Waals surface area (Å²) in [6.07, 6.45) is 0.710. The van der Waals surface area contributed by atoms with Crippen molar-refractivity contribution in [2.24, 2.45) is 0 Å². The third-order valence-electron chi connectivity index (χ3n) is 4.85. The number of fused-ring (bicyclic) bond motifs is 1. The minimum atomic E-state index is -3.93. The average molecular weight is 482 g/mol. The first kappa shape index (κ1) is 23.1. The Hall–Kier alpha value is -4.05. The van der Waals surface area contributed by atoms with E-state index < -0.39 is 15.9 Å². The molecule has 0 saturated heterocycles. The van der Waals surface area contributed by atoms with Gasteiger partial charge >= 0.3 is 0 Å². The summed E-state index contributed by atoms with van der Waals surface area (Å²) in [5, 5.41) is 5.38. The highest BCUT2D eigenvalue weighted by molar-refractivity contribution is 7.92. The molecule has 3 aromatic rings. The topological polar surface area (TPSA) is 123 Å². The predicted octanol–water partition coefficient (Wildman–Crippen LogP) is 3.86. The molecule has 1 heterocycles. The molecular formula is C24H23N3O6S. The lowest BCUT2D eigenvalue weighted by atomic mass is 10.2. The Balaban J connectivity index is 1.49. The third kappa shape index (κ3) is 5.65. The highest BCUT2D eigenvalue weighted by Crippen LogP contribution is 2.32. The van der Waals surface area contributed by atoms with Crippen LogP contribution >= 0.6 is 0 Å². The molecule has 1 aliphatic heterocycles. The van der Waals surface area contributed by atoms with E-state index in [1.165, 1.54) is 25.1 Å². The predicted molar refractivity (Wildman–Crippen MR) is 128 cm³/mol. The van der Waals surface area contributed by atoms with Gasteiger partial charge in [-0.05, 0) is 48.5 Å². The minimum absolute atomic E-state index is 0.0152. The monoisotopic (exact) mass is 481 g/mol. The minimum Gasteiger partial charge on any atom is -0.490 e. The molecule has 3 aromatic carbocycles. The van der Waals surface area contributed by atoms with Gasteiger partial charge in [-0.1, -0.05) is 12.1 Å². The molecular weight excluding hydrogens is 458 g/mol. The highest BCUT2D eigenvalue weighted by Gasteiger charge is 2.19. The summed E-state index contributed by atoms with van der Waals surface area (Å²) in [6.45, 7) is 2.34. The van der Waals surface area contributed by atoms with Crippen LogP contribution in [-0.4, -0.2) is 33.4 Å². The van der Waals surface area contributed by atoms with Crippen molar-refractivity contribution in [3.63, 3.8) is 0 Å². The van der Waals surface area contributed by atoms with Gasteiger partial charge < -0.3 is 20.1 Å². The fraction of sp³-hybridized carbons (Fsp3) is 0.167. The van der Waals surface area contributed by atoms with E-state index in [2.05, 4.69) is 15.4 Å². The number of carbonyl (C=O) groups excluding carboxylic acids is 2. The van der Waals surface area contributed by atoms with Crippen LogP contribution < -0.4 is 24.8 Å². The van der Waals surface area contributed by atoms with Crippen LogP contribution in [0.15, 0.2) is 71.6 Å². The largest absolute Gasteiger partial charge is 0.490 e. The molecule has 0 aromatic heterocycles. The number of carbonyl (C=O) groups is 2. The maximum atomic E-state index is 12.9. The Labute approximate surface area is 197 Å². The Bertz CT molecular complexity index is 1340. The number of amides is 2. The molecule has 0 atom stereocenters. The maximum Gasteiger partial charge on any atom is 0.262 e. The second kappa shape index (κ2) is 9.84. The molecule has 176 valence electrons. The van der Waals surface area contributed by atoms with Crippen molar-refractivity contribution in [2.75, 3.05) is 28.6 Å². The number of sulfonamides is 1. The van der Waals surface area contributed by atoms with Crippen molar-refractivity contribution in [1.82, 2.24) is 0 Å². The lowest BCUT2D eigenvalue weighted by Gasteiger charge is -2.12.